The van der Waals surface area contributed by atoms with E-state index in [0.29, 0.717) is 6.54 Å². The Kier molecular flexibility index (Phi) is 5.37. The van der Waals surface area contributed by atoms with E-state index >= 15 is 0 Å². The molecule has 0 aromatic heterocycles. The molecular formula is C11H25N3O2S. The molecule has 0 aliphatic carbocycles. The molecule has 0 radical (unpaired) electrons. The zero-order valence-electron chi connectivity index (χ0n) is 11.1. The van der Waals surface area contributed by atoms with E-state index in [2.05, 4.69) is 14.9 Å². The Morgan fingerprint density at radius 2 is 1.82 bits per heavy atom. The van der Waals surface area contributed by atoms with Gasteiger partial charge in [-0.3, -0.25) is 0 Å². The van der Waals surface area contributed by atoms with Crippen molar-refractivity contribution in [2.45, 2.75) is 31.9 Å². The maximum atomic E-state index is 11.8. The second-order valence-electron chi connectivity index (χ2n) is 5.46. The number of nitrogens with one attached hydrogen (secondary N) is 2. The lowest BCUT2D eigenvalue weighted by Crippen LogP contribution is -2.45. The fourth-order valence-electron chi connectivity index (χ4n) is 1.66. The zero-order valence-corrected chi connectivity index (χ0v) is 11.9. The summed E-state index contributed by atoms with van der Waals surface area (Å²) in [6.45, 7) is 10.8. The number of sulfonamides is 1. The largest absolute Gasteiger partial charge is 0.314 e. The van der Waals surface area contributed by atoms with Crippen LogP contribution in [0.4, 0.5) is 0 Å². The maximum Gasteiger partial charge on any atom is 0.216 e. The minimum Gasteiger partial charge on any atom is -0.314 e. The van der Waals surface area contributed by atoms with Gasteiger partial charge in [-0.05, 0) is 33.7 Å². The van der Waals surface area contributed by atoms with Gasteiger partial charge in [-0.2, -0.15) is 0 Å². The first-order valence-corrected chi connectivity index (χ1v) is 7.73. The Labute approximate surface area is 105 Å². The van der Waals surface area contributed by atoms with Crippen molar-refractivity contribution < 1.29 is 8.42 Å². The summed E-state index contributed by atoms with van der Waals surface area (Å²) in [5.74, 6) is 0. The molecule has 0 spiro atoms. The molecule has 1 saturated heterocycles. The summed E-state index contributed by atoms with van der Waals surface area (Å²) in [6, 6.07) is 0. The Morgan fingerprint density at radius 3 is 2.35 bits per heavy atom. The van der Waals surface area contributed by atoms with Gasteiger partial charge in [0.1, 0.15) is 0 Å². The van der Waals surface area contributed by atoms with Crippen LogP contribution < -0.4 is 10.0 Å². The van der Waals surface area contributed by atoms with Crippen LogP contribution in [0.2, 0.25) is 0 Å². The SMILES string of the molecule is CC(C)(C)S(=O)(=O)NCCCN1CCNCC1. The van der Waals surface area contributed by atoms with Crippen molar-refractivity contribution in [2.75, 3.05) is 39.3 Å². The summed E-state index contributed by atoms with van der Waals surface area (Å²) in [5.41, 5.74) is 0. The molecule has 6 heteroatoms. The lowest BCUT2D eigenvalue weighted by molar-refractivity contribution is 0.239. The summed E-state index contributed by atoms with van der Waals surface area (Å²) < 4.78 is 25.5. The molecule has 102 valence electrons. The normalized spacial score (nSPS) is 19.5. The third kappa shape index (κ3) is 4.91. The summed E-state index contributed by atoms with van der Waals surface area (Å²) in [7, 11) is -3.18. The van der Waals surface area contributed by atoms with E-state index < -0.39 is 14.8 Å². The van der Waals surface area contributed by atoms with Crippen LogP contribution in [-0.2, 0) is 10.0 Å². The lowest BCUT2D eigenvalue weighted by atomic mass is 10.3. The lowest BCUT2D eigenvalue weighted by Gasteiger charge is -2.27. The van der Waals surface area contributed by atoms with Gasteiger partial charge in [0.25, 0.3) is 0 Å². The number of hydrogen-bond acceptors (Lipinski definition) is 4. The van der Waals surface area contributed by atoms with Gasteiger partial charge in [0.2, 0.25) is 10.0 Å². The molecule has 0 aromatic rings. The first-order valence-electron chi connectivity index (χ1n) is 6.25. The third-order valence-electron chi connectivity index (χ3n) is 2.96. The molecule has 0 unspecified atom stereocenters. The van der Waals surface area contributed by atoms with Crippen molar-refractivity contribution in [1.82, 2.24) is 14.9 Å². The molecule has 0 amide bonds. The van der Waals surface area contributed by atoms with E-state index in [0.717, 1.165) is 39.1 Å². The van der Waals surface area contributed by atoms with Gasteiger partial charge in [0, 0.05) is 32.7 Å². The molecule has 17 heavy (non-hydrogen) atoms. The molecule has 1 aliphatic rings. The molecule has 1 aliphatic heterocycles. The summed E-state index contributed by atoms with van der Waals surface area (Å²) in [6.07, 6.45) is 0.870. The number of nitrogens with zero attached hydrogens (tertiary/aromatic N) is 1. The van der Waals surface area contributed by atoms with Crippen LogP contribution in [0.15, 0.2) is 0 Å². The standard InChI is InChI=1S/C11H25N3O2S/c1-11(2,3)17(15,16)13-5-4-8-14-9-6-12-7-10-14/h12-13H,4-10H2,1-3H3. The number of hydrogen-bond donors (Lipinski definition) is 2. The molecule has 0 bridgehead atoms. The molecule has 0 atom stereocenters. The zero-order chi connectivity index (χ0) is 12.9. The second-order valence-corrected chi connectivity index (χ2v) is 7.98. The molecule has 1 heterocycles. The minimum atomic E-state index is -3.18. The van der Waals surface area contributed by atoms with Gasteiger partial charge in [-0.15, -0.1) is 0 Å². The predicted octanol–water partition coefficient (Wildman–Crippen LogP) is -0.000400. The highest BCUT2D eigenvalue weighted by Crippen LogP contribution is 2.12. The van der Waals surface area contributed by atoms with Gasteiger partial charge >= 0.3 is 0 Å². The number of piperazine rings is 1. The molecule has 0 aromatic carbocycles. The van der Waals surface area contributed by atoms with Crippen molar-refractivity contribution in [3.05, 3.63) is 0 Å². The van der Waals surface area contributed by atoms with Crippen LogP contribution in [0, 0.1) is 0 Å². The first kappa shape index (κ1) is 14.9. The molecular weight excluding hydrogens is 238 g/mol. The van der Waals surface area contributed by atoms with E-state index in [1.165, 1.54) is 0 Å². The minimum absolute atomic E-state index is 0.531. The van der Waals surface area contributed by atoms with Gasteiger partial charge < -0.3 is 10.2 Å². The quantitative estimate of drug-likeness (QED) is 0.686. The second kappa shape index (κ2) is 6.13. The average molecular weight is 263 g/mol. The fourth-order valence-corrected chi connectivity index (χ4v) is 2.51. The van der Waals surface area contributed by atoms with Gasteiger partial charge in [-0.1, -0.05) is 0 Å². The Bertz CT molecular complexity index is 316. The van der Waals surface area contributed by atoms with E-state index in [1.807, 2.05) is 0 Å². The molecule has 1 fully saturated rings. The summed E-state index contributed by atoms with van der Waals surface area (Å²) in [5, 5.41) is 3.30. The Morgan fingerprint density at radius 1 is 1.24 bits per heavy atom. The van der Waals surface area contributed by atoms with Crippen molar-refractivity contribution in [3.63, 3.8) is 0 Å². The van der Waals surface area contributed by atoms with Crippen LogP contribution in [0.5, 0.6) is 0 Å². The molecule has 2 N–H and O–H groups in total. The molecule has 0 saturated carbocycles. The molecule has 1 rings (SSSR count). The smallest absolute Gasteiger partial charge is 0.216 e. The first-order chi connectivity index (χ1) is 7.83. The van der Waals surface area contributed by atoms with Crippen molar-refractivity contribution >= 4 is 10.0 Å². The monoisotopic (exact) mass is 263 g/mol. The fraction of sp³-hybridized carbons (Fsp3) is 1.00. The van der Waals surface area contributed by atoms with Gasteiger partial charge in [0.05, 0.1) is 4.75 Å². The van der Waals surface area contributed by atoms with Crippen molar-refractivity contribution in [2.24, 2.45) is 0 Å². The van der Waals surface area contributed by atoms with E-state index in [-0.39, 0.29) is 0 Å². The predicted molar refractivity (Wildman–Crippen MR) is 70.6 cm³/mol. The topological polar surface area (TPSA) is 61.4 Å². The molecule has 5 nitrogen and oxygen atoms in total. The summed E-state index contributed by atoms with van der Waals surface area (Å²) in [4.78, 5) is 2.36. The number of rotatable bonds is 5. The van der Waals surface area contributed by atoms with Gasteiger partial charge in [0.15, 0.2) is 0 Å². The summed E-state index contributed by atoms with van der Waals surface area (Å²) >= 11 is 0. The van der Waals surface area contributed by atoms with E-state index in [4.69, 9.17) is 0 Å². The highest BCUT2D eigenvalue weighted by atomic mass is 32.2. The Balaban J connectivity index is 2.19. The van der Waals surface area contributed by atoms with Crippen LogP contribution in [0.3, 0.4) is 0 Å². The van der Waals surface area contributed by atoms with Crippen LogP contribution in [-0.4, -0.2) is 57.3 Å². The highest BCUT2D eigenvalue weighted by Gasteiger charge is 2.28. The van der Waals surface area contributed by atoms with Crippen molar-refractivity contribution in [1.29, 1.82) is 0 Å². The average Bonchev–Trinajstić information content (AvgIpc) is 2.24. The van der Waals surface area contributed by atoms with Crippen LogP contribution >= 0.6 is 0 Å². The highest BCUT2D eigenvalue weighted by molar-refractivity contribution is 7.90. The van der Waals surface area contributed by atoms with Crippen LogP contribution in [0.25, 0.3) is 0 Å². The van der Waals surface area contributed by atoms with Crippen molar-refractivity contribution in [3.8, 4) is 0 Å². The third-order valence-corrected chi connectivity index (χ3v) is 5.16. The maximum absolute atomic E-state index is 11.8. The Hall–Kier alpha value is -0.170. The van der Waals surface area contributed by atoms with Crippen LogP contribution in [0.1, 0.15) is 27.2 Å². The van der Waals surface area contributed by atoms with Gasteiger partial charge in [-0.25, -0.2) is 13.1 Å². The van der Waals surface area contributed by atoms with E-state index in [9.17, 15) is 8.42 Å². The van der Waals surface area contributed by atoms with E-state index in [1.54, 1.807) is 20.8 Å².